The van der Waals surface area contributed by atoms with E-state index in [4.69, 9.17) is 4.52 Å². The molecule has 2 heterocycles. The van der Waals surface area contributed by atoms with Gasteiger partial charge in [0.15, 0.2) is 5.41 Å². The molecule has 4 nitrogen and oxygen atoms in total. The number of hydrogen-bond acceptors (Lipinski definition) is 5. The third-order valence-corrected chi connectivity index (χ3v) is 4.07. The largest absolute Gasteiger partial charge is 0.364 e. The van der Waals surface area contributed by atoms with Crippen LogP contribution in [0.2, 0.25) is 0 Å². The number of thiophene rings is 1. The normalized spacial score (nSPS) is 20.5. The Morgan fingerprint density at radius 1 is 1.47 bits per heavy atom. The summed E-state index contributed by atoms with van der Waals surface area (Å²) in [5.74, 6) is -0.286. The van der Waals surface area contributed by atoms with Crippen molar-refractivity contribution in [2.24, 2.45) is 5.41 Å². The van der Waals surface area contributed by atoms with Gasteiger partial charge >= 0.3 is 0 Å². The summed E-state index contributed by atoms with van der Waals surface area (Å²) in [5, 5.41) is 24.6. The number of hydrogen-bond donors (Lipinski definition) is 0. The zero-order valence-electron chi connectivity index (χ0n) is 8.75. The van der Waals surface area contributed by atoms with Crippen LogP contribution in [0.15, 0.2) is 28.3 Å². The van der Waals surface area contributed by atoms with Crippen molar-refractivity contribution in [2.75, 3.05) is 0 Å². The van der Waals surface area contributed by atoms with Gasteiger partial charge in [-0.25, -0.2) is 0 Å². The van der Waals surface area contributed by atoms with Crippen LogP contribution in [0, 0.1) is 28.1 Å². The smallest absolute Gasteiger partial charge is 0.161 e. The first kappa shape index (κ1) is 10.1. The Morgan fingerprint density at radius 3 is 2.94 bits per heavy atom. The van der Waals surface area contributed by atoms with Crippen molar-refractivity contribution in [2.45, 2.75) is 12.3 Å². The molecule has 0 N–H and O–H groups in total. The maximum absolute atomic E-state index is 9.35. The van der Waals surface area contributed by atoms with Gasteiger partial charge < -0.3 is 4.52 Å². The van der Waals surface area contributed by atoms with Gasteiger partial charge in [0.25, 0.3) is 0 Å². The molecule has 82 valence electrons. The van der Waals surface area contributed by atoms with Crippen molar-refractivity contribution < 1.29 is 4.52 Å². The van der Waals surface area contributed by atoms with Crippen LogP contribution in [0.1, 0.15) is 22.1 Å². The standard InChI is InChI=1S/C12H7N3OS/c13-6-12(7-14)4-8-5-16-15-11(8)10(12)9-2-1-3-17-9/h1-3,5,10H,4H2. The van der Waals surface area contributed by atoms with Crippen LogP contribution >= 0.6 is 11.3 Å². The Hall–Kier alpha value is -2.11. The lowest BCUT2D eigenvalue weighted by Crippen LogP contribution is -2.22. The molecule has 0 radical (unpaired) electrons. The lowest BCUT2D eigenvalue weighted by molar-refractivity contribution is 0.384. The minimum absolute atomic E-state index is 0.286. The summed E-state index contributed by atoms with van der Waals surface area (Å²) in [7, 11) is 0. The van der Waals surface area contributed by atoms with E-state index in [0.29, 0.717) is 6.42 Å². The molecule has 0 spiro atoms. The van der Waals surface area contributed by atoms with Gasteiger partial charge in [0, 0.05) is 16.9 Å². The molecule has 2 aromatic rings. The Bertz CT molecular complexity index is 616. The lowest BCUT2D eigenvalue weighted by Gasteiger charge is -2.19. The van der Waals surface area contributed by atoms with Gasteiger partial charge in [0.05, 0.1) is 23.8 Å². The van der Waals surface area contributed by atoms with Gasteiger partial charge in [-0.1, -0.05) is 11.2 Å². The topological polar surface area (TPSA) is 73.6 Å². The van der Waals surface area contributed by atoms with E-state index >= 15 is 0 Å². The van der Waals surface area contributed by atoms with Crippen molar-refractivity contribution in [3.63, 3.8) is 0 Å². The first-order chi connectivity index (χ1) is 8.30. The van der Waals surface area contributed by atoms with Gasteiger partial charge in [-0.3, -0.25) is 0 Å². The number of fused-ring (bicyclic) bond motifs is 1. The fourth-order valence-corrected chi connectivity index (χ4v) is 3.26. The van der Waals surface area contributed by atoms with E-state index in [0.717, 1.165) is 16.1 Å². The Kier molecular flexibility index (Phi) is 2.04. The number of nitriles is 2. The van der Waals surface area contributed by atoms with Crippen LogP contribution in [-0.4, -0.2) is 5.16 Å². The molecule has 1 aliphatic rings. The predicted octanol–water partition coefficient (Wildman–Crippen LogP) is 2.46. The second-order valence-electron chi connectivity index (χ2n) is 4.05. The quantitative estimate of drug-likeness (QED) is 0.768. The second-order valence-corrected chi connectivity index (χ2v) is 5.02. The summed E-state index contributed by atoms with van der Waals surface area (Å²) >= 11 is 1.54. The highest BCUT2D eigenvalue weighted by molar-refractivity contribution is 7.10. The predicted molar refractivity (Wildman–Crippen MR) is 60.0 cm³/mol. The Labute approximate surface area is 102 Å². The molecule has 0 aliphatic heterocycles. The fourth-order valence-electron chi connectivity index (χ4n) is 2.34. The minimum Gasteiger partial charge on any atom is -0.364 e. The zero-order valence-corrected chi connectivity index (χ0v) is 9.57. The molecule has 5 heteroatoms. The lowest BCUT2D eigenvalue weighted by atomic mass is 9.79. The molecular weight excluding hydrogens is 234 g/mol. The van der Waals surface area contributed by atoms with Crippen molar-refractivity contribution >= 4 is 11.3 Å². The SMILES string of the molecule is N#CC1(C#N)Cc2conc2C1c1cccs1. The van der Waals surface area contributed by atoms with Crippen molar-refractivity contribution in [1.29, 1.82) is 10.5 Å². The maximum Gasteiger partial charge on any atom is 0.161 e. The van der Waals surface area contributed by atoms with Crippen molar-refractivity contribution in [3.05, 3.63) is 39.9 Å². The van der Waals surface area contributed by atoms with E-state index in [9.17, 15) is 10.5 Å². The molecule has 17 heavy (non-hydrogen) atoms. The molecule has 0 saturated carbocycles. The molecule has 0 bridgehead atoms. The van der Waals surface area contributed by atoms with E-state index in [1.807, 2.05) is 17.5 Å². The van der Waals surface area contributed by atoms with E-state index in [1.165, 1.54) is 17.6 Å². The van der Waals surface area contributed by atoms with Crippen molar-refractivity contribution in [3.8, 4) is 12.1 Å². The van der Waals surface area contributed by atoms with Crippen LogP contribution in [0.4, 0.5) is 0 Å². The minimum atomic E-state index is -1.04. The summed E-state index contributed by atoms with van der Waals surface area (Å²) in [6, 6.07) is 8.17. The molecule has 1 unspecified atom stereocenters. The number of aromatic nitrogens is 1. The summed E-state index contributed by atoms with van der Waals surface area (Å²) in [6.45, 7) is 0. The maximum atomic E-state index is 9.35. The van der Waals surface area contributed by atoms with Gasteiger partial charge in [0.1, 0.15) is 6.26 Å². The van der Waals surface area contributed by atoms with E-state index < -0.39 is 5.41 Å². The average molecular weight is 241 g/mol. The van der Waals surface area contributed by atoms with Gasteiger partial charge in [0.2, 0.25) is 0 Å². The zero-order chi connectivity index (χ0) is 11.9. The van der Waals surface area contributed by atoms with Crippen molar-refractivity contribution in [1.82, 2.24) is 5.16 Å². The van der Waals surface area contributed by atoms with Crippen LogP contribution in [0.5, 0.6) is 0 Å². The molecule has 0 saturated heterocycles. The Morgan fingerprint density at radius 2 is 2.29 bits per heavy atom. The van der Waals surface area contributed by atoms with E-state index in [1.54, 1.807) is 0 Å². The third-order valence-electron chi connectivity index (χ3n) is 3.14. The first-order valence-corrected chi connectivity index (χ1v) is 5.98. The fraction of sp³-hybridized carbons (Fsp3) is 0.250. The summed E-state index contributed by atoms with van der Waals surface area (Å²) in [5.41, 5.74) is 0.557. The summed E-state index contributed by atoms with van der Waals surface area (Å²) in [4.78, 5) is 0.987. The highest BCUT2D eigenvalue weighted by Crippen LogP contribution is 2.50. The number of rotatable bonds is 1. The molecule has 1 atom stereocenters. The van der Waals surface area contributed by atoms with Gasteiger partial charge in [-0.05, 0) is 11.4 Å². The molecular formula is C12H7N3OS. The molecule has 3 rings (SSSR count). The molecule has 0 aromatic carbocycles. The van der Waals surface area contributed by atoms with E-state index in [-0.39, 0.29) is 5.92 Å². The highest BCUT2D eigenvalue weighted by atomic mass is 32.1. The summed E-state index contributed by atoms with van der Waals surface area (Å²) in [6.07, 6.45) is 1.92. The third kappa shape index (κ3) is 1.23. The van der Waals surface area contributed by atoms with E-state index in [2.05, 4.69) is 17.3 Å². The van der Waals surface area contributed by atoms with Gasteiger partial charge in [-0.2, -0.15) is 10.5 Å². The van der Waals surface area contributed by atoms with Crippen LogP contribution < -0.4 is 0 Å². The average Bonchev–Trinajstić information content (AvgIpc) is 3.03. The molecule has 0 amide bonds. The van der Waals surface area contributed by atoms with Crippen LogP contribution in [0.25, 0.3) is 0 Å². The molecule has 1 aliphatic carbocycles. The van der Waals surface area contributed by atoms with Crippen LogP contribution in [-0.2, 0) is 6.42 Å². The highest BCUT2D eigenvalue weighted by Gasteiger charge is 2.51. The number of nitrogens with zero attached hydrogens (tertiary/aromatic N) is 3. The first-order valence-electron chi connectivity index (χ1n) is 5.10. The second kappa shape index (κ2) is 3.44. The molecule has 0 fully saturated rings. The monoisotopic (exact) mass is 241 g/mol. The van der Waals surface area contributed by atoms with Gasteiger partial charge in [-0.15, -0.1) is 11.3 Å². The Balaban J connectivity index is 2.21. The summed E-state index contributed by atoms with van der Waals surface area (Å²) < 4.78 is 4.93. The van der Waals surface area contributed by atoms with Crippen LogP contribution in [0.3, 0.4) is 0 Å². The molecule has 2 aromatic heterocycles.